The fourth-order valence-electron chi connectivity index (χ4n) is 2.52. The Morgan fingerprint density at radius 2 is 1.83 bits per heavy atom. The first-order valence-electron chi connectivity index (χ1n) is 8.64. The van der Waals surface area contributed by atoms with E-state index in [2.05, 4.69) is 10.0 Å². The summed E-state index contributed by atoms with van der Waals surface area (Å²) < 4.78 is 56.9. The molecule has 8 nitrogen and oxygen atoms in total. The number of sulfonamides is 1. The van der Waals surface area contributed by atoms with Crippen LogP contribution < -0.4 is 19.5 Å². The molecule has 0 aromatic heterocycles. The van der Waals surface area contributed by atoms with Gasteiger partial charge in [-0.05, 0) is 24.6 Å². The summed E-state index contributed by atoms with van der Waals surface area (Å²) in [4.78, 5) is 12.3. The molecule has 0 saturated heterocycles. The Balaban J connectivity index is 2.42. The number of halogens is 1. The largest absolute Gasteiger partial charge is 0.493 e. The molecule has 0 radical (unpaired) electrons. The third-order valence-corrected chi connectivity index (χ3v) is 5.28. The van der Waals surface area contributed by atoms with E-state index in [1.165, 1.54) is 38.5 Å². The molecule has 0 spiro atoms. The van der Waals surface area contributed by atoms with Gasteiger partial charge in [-0.3, -0.25) is 9.52 Å². The molecule has 0 aliphatic rings. The Kier molecular flexibility index (Phi) is 7.80. The molecule has 2 rings (SSSR count). The average Bonchev–Trinajstić information content (AvgIpc) is 2.71. The van der Waals surface area contributed by atoms with E-state index in [4.69, 9.17) is 14.2 Å². The highest BCUT2D eigenvalue weighted by Gasteiger charge is 2.24. The number of methoxy groups -OCH3 is 3. The van der Waals surface area contributed by atoms with Gasteiger partial charge in [0, 0.05) is 26.3 Å². The van der Waals surface area contributed by atoms with Gasteiger partial charge in [-0.1, -0.05) is 12.1 Å². The fourth-order valence-corrected chi connectivity index (χ4v) is 3.63. The second-order valence-corrected chi connectivity index (χ2v) is 7.58. The average molecular weight is 426 g/mol. The molecular formula is C19H23FN2O6S. The summed E-state index contributed by atoms with van der Waals surface area (Å²) >= 11 is 0. The van der Waals surface area contributed by atoms with Crippen molar-refractivity contribution in [3.63, 3.8) is 0 Å². The quantitative estimate of drug-likeness (QED) is 0.566. The van der Waals surface area contributed by atoms with Crippen molar-refractivity contribution >= 4 is 21.6 Å². The smallest absolute Gasteiger partial charge is 0.262 e. The molecule has 0 aliphatic heterocycles. The molecule has 0 unspecified atom stereocenters. The number of benzene rings is 2. The monoisotopic (exact) mass is 426 g/mol. The van der Waals surface area contributed by atoms with Crippen LogP contribution in [0.3, 0.4) is 0 Å². The summed E-state index contributed by atoms with van der Waals surface area (Å²) in [5.41, 5.74) is -0.244. The highest BCUT2D eigenvalue weighted by Crippen LogP contribution is 2.35. The molecule has 0 heterocycles. The molecule has 2 N–H and O–H groups in total. The first-order valence-corrected chi connectivity index (χ1v) is 10.1. The standard InChI is InChI=1S/C19H23FN2O6S/c1-26-10-6-9-21-19(23)14-11-13(12-17(27-2)18(14)28-3)29(24,25)22-16-8-5-4-7-15(16)20/h4-5,7-8,11-12,22H,6,9-10H2,1-3H3,(H,21,23). The SMILES string of the molecule is COCCCNC(=O)c1cc(S(=O)(=O)Nc2ccccc2F)cc(OC)c1OC. The predicted molar refractivity (Wildman–Crippen MR) is 106 cm³/mol. The van der Waals surface area contributed by atoms with E-state index in [1.54, 1.807) is 7.11 Å². The van der Waals surface area contributed by atoms with Crippen LogP contribution in [-0.4, -0.2) is 48.8 Å². The van der Waals surface area contributed by atoms with Crippen LogP contribution in [0.4, 0.5) is 10.1 Å². The van der Waals surface area contributed by atoms with Crippen LogP contribution in [0.2, 0.25) is 0 Å². The van der Waals surface area contributed by atoms with Crippen LogP contribution in [0, 0.1) is 5.82 Å². The molecule has 0 aliphatic carbocycles. The van der Waals surface area contributed by atoms with Gasteiger partial charge < -0.3 is 19.5 Å². The van der Waals surface area contributed by atoms with E-state index in [-0.39, 0.29) is 27.6 Å². The van der Waals surface area contributed by atoms with Crippen molar-refractivity contribution in [2.75, 3.05) is 39.2 Å². The van der Waals surface area contributed by atoms with Crippen molar-refractivity contribution in [2.24, 2.45) is 0 Å². The van der Waals surface area contributed by atoms with Gasteiger partial charge in [-0.25, -0.2) is 12.8 Å². The zero-order chi connectivity index (χ0) is 21.4. The second-order valence-electron chi connectivity index (χ2n) is 5.89. The number of hydrogen-bond donors (Lipinski definition) is 2. The Hall–Kier alpha value is -2.85. The molecular weight excluding hydrogens is 403 g/mol. The van der Waals surface area contributed by atoms with Crippen molar-refractivity contribution in [3.8, 4) is 11.5 Å². The van der Waals surface area contributed by atoms with E-state index < -0.39 is 21.7 Å². The summed E-state index contributed by atoms with van der Waals surface area (Å²) in [6.45, 7) is 0.782. The first kappa shape index (κ1) is 22.4. The summed E-state index contributed by atoms with van der Waals surface area (Å²) in [5, 5.41) is 2.67. The first-order chi connectivity index (χ1) is 13.8. The Labute approximate surface area is 169 Å². The molecule has 1 amide bonds. The number of rotatable bonds is 10. The highest BCUT2D eigenvalue weighted by atomic mass is 32.2. The molecule has 2 aromatic rings. The maximum atomic E-state index is 13.9. The molecule has 0 bridgehead atoms. The normalized spacial score (nSPS) is 11.0. The number of hydrogen-bond acceptors (Lipinski definition) is 6. The lowest BCUT2D eigenvalue weighted by Crippen LogP contribution is -2.26. The minimum absolute atomic E-state index is 0.0295. The Morgan fingerprint density at radius 3 is 2.45 bits per heavy atom. The molecule has 158 valence electrons. The highest BCUT2D eigenvalue weighted by molar-refractivity contribution is 7.92. The molecule has 0 fully saturated rings. The topological polar surface area (TPSA) is 103 Å². The van der Waals surface area contributed by atoms with Crippen LogP contribution in [0.15, 0.2) is 41.3 Å². The lowest BCUT2D eigenvalue weighted by Gasteiger charge is -2.16. The minimum atomic E-state index is -4.20. The fraction of sp³-hybridized carbons (Fsp3) is 0.316. The van der Waals surface area contributed by atoms with Crippen molar-refractivity contribution in [3.05, 3.63) is 47.8 Å². The number of amides is 1. The molecule has 2 aromatic carbocycles. The van der Waals surface area contributed by atoms with E-state index in [1.807, 2.05) is 0 Å². The molecule has 10 heteroatoms. The van der Waals surface area contributed by atoms with Gasteiger partial charge in [0.15, 0.2) is 11.5 Å². The van der Waals surface area contributed by atoms with Crippen molar-refractivity contribution in [1.29, 1.82) is 0 Å². The number of para-hydroxylation sites is 1. The number of carbonyl (C=O) groups is 1. The van der Waals surface area contributed by atoms with Crippen molar-refractivity contribution in [1.82, 2.24) is 5.32 Å². The van der Waals surface area contributed by atoms with E-state index in [0.29, 0.717) is 19.6 Å². The van der Waals surface area contributed by atoms with Gasteiger partial charge in [0.1, 0.15) is 5.82 Å². The predicted octanol–water partition coefficient (Wildman–Crippen LogP) is 2.41. The summed E-state index contributed by atoms with van der Waals surface area (Å²) in [5.74, 6) is -1.14. The van der Waals surface area contributed by atoms with Crippen LogP contribution in [0.5, 0.6) is 11.5 Å². The number of nitrogens with one attached hydrogen (secondary N) is 2. The number of carbonyl (C=O) groups excluding carboxylic acids is 1. The maximum Gasteiger partial charge on any atom is 0.262 e. The lowest BCUT2D eigenvalue weighted by atomic mass is 10.1. The Bertz CT molecular complexity index is 965. The maximum absolute atomic E-state index is 13.9. The van der Waals surface area contributed by atoms with Crippen LogP contribution in [0.1, 0.15) is 16.8 Å². The van der Waals surface area contributed by atoms with Gasteiger partial charge in [-0.2, -0.15) is 0 Å². The zero-order valence-corrected chi connectivity index (χ0v) is 17.1. The van der Waals surface area contributed by atoms with E-state index in [0.717, 1.165) is 12.1 Å². The summed E-state index contributed by atoms with van der Waals surface area (Å²) in [6, 6.07) is 7.70. The van der Waals surface area contributed by atoms with E-state index in [9.17, 15) is 17.6 Å². The molecule has 0 atom stereocenters. The second kappa shape index (κ2) is 10.1. The van der Waals surface area contributed by atoms with Crippen LogP contribution >= 0.6 is 0 Å². The van der Waals surface area contributed by atoms with Gasteiger partial charge in [-0.15, -0.1) is 0 Å². The van der Waals surface area contributed by atoms with Gasteiger partial charge in [0.05, 0.1) is 30.4 Å². The van der Waals surface area contributed by atoms with Gasteiger partial charge >= 0.3 is 0 Å². The van der Waals surface area contributed by atoms with E-state index >= 15 is 0 Å². The minimum Gasteiger partial charge on any atom is -0.493 e. The van der Waals surface area contributed by atoms with Crippen LogP contribution in [-0.2, 0) is 14.8 Å². The number of ether oxygens (including phenoxy) is 3. The van der Waals surface area contributed by atoms with Gasteiger partial charge in [0.2, 0.25) is 0 Å². The zero-order valence-electron chi connectivity index (χ0n) is 16.3. The van der Waals surface area contributed by atoms with Gasteiger partial charge in [0.25, 0.3) is 15.9 Å². The molecule has 29 heavy (non-hydrogen) atoms. The number of anilines is 1. The summed E-state index contributed by atoms with van der Waals surface area (Å²) in [7, 11) is 0.00102. The summed E-state index contributed by atoms with van der Waals surface area (Å²) in [6.07, 6.45) is 0.578. The lowest BCUT2D eigenvalue weighted by molar-refractivity contribution is 0.0944. The third-order valence-electron chi connectivity index (χ3n) is 3.94. The molecule has 0 saturated carbocycles. The Morgan fingerprint density at radius 1 is 1.10 bits per heavy atom. The van der Waals surface area contributed by atoms with Crippen LogP contribution in [0.25, 0.3) is 0 Å². The van der Waals surface area contributed by atoms with Crippen molar-refractivity contribution in [2.45, 2.75) is 11.3 Å². The third kappa shape index (κ3) is 5.58. The van der Waals surface area contributed by atoms with Crippen molar-refractivity contribution < 1.29 is 31.8 Å².